The molecule has 3 aromatic carbocycles. The monoisotopic (exact) mass is 461 g/mol. The zero-order valence-electron chi connectivity index (χ0n) is 17.5. The smallest absolute Gasteiger partial charge is 0.262 e. The Labute approximate surface area is 194 Å². The highest BCUT2D eigenvalue weighted by Crippen LogP contribution is 2.18. The molecule has 0 unspecified atom stereocenters. The maximum absolute atomic E-state index is 13.3. The van der Waals surface area contributed by atoms with Gasteiger partial charge < -0.3 is 15.0 Å². The van der Waals surface area contributed by atoms with E-state index in [4.69, 9.17) is 17.0 Å². The van der Waals surface area contributed by atoms with Crippen LogP contribution in [0.4, 0.5) is 10.1 Å². The van der Waals surface area contributed by atoms with Crippen LogP contribution in [0.3, 0.4) is 0 Å². The first-order chi connectivity index (χ1) is 15.9. The molecule has 1 amide bonds. The van der Waals surface area contributed by atoms with Gasteiger partial charge in [-0.25, -0.2) is 4.39 Å². The first-order valence-corrected chi connectivity index (χ1v) is 10.5. The van der Waals surface area contributed by atoms with Crippen molar-refractivity contribution in [3.8, 4) is 5.75 Å². The number of fused-ring (bicyclic) bond motifs is 1. The second-order valence-corrected chi connectivity index (χ2v) is 7.68. The number of nitrogens with one attached hydrogen (secondary N) is 2. The SMILES string of the molecule is C=CCn1c(=S)[nH]c2cc(C(=O)Nc3cccc(COc4cccc(F)c4)c3)ccc2c1=O. The highest BCUT2D eigenvalue weighted by atomic mass is 32.1. The van der Waals surface area contributed by atoms with Gasteiger partial charge in [0.05, 0.1) is 10.9 Å². The summed E-state index contributed by atoms with van der Waals surface area (Å²) >= 11 is 5.25. The molecule has 0 saturated heterocycles. The Morgan fingerprint density at radius 1 is 1.15 bits per heavy atom. The summed E-state index contributed by atoms with van der Waals surface area (Å²) < 4.78 is 20.6. The van der Waals surface area contributed by atoms with E-state index in [1.807, 2.05) is 6.07 Å². The van der Waals surface area contributed by atoms with Gasteiger partial charge in [0.15, 0.2) is 4.77 Å². The van der Waals surface area contributed by atoms with Crippen molar-refractivity contribution in [2.24, 2.45) is 0 Å². The number of carbonyl (C=O) groups is 1. The second kappa shape index (κ2) is 9.62. The number of aromatic nitrogens is 2. The van der Waals surface area contributed by atoms with Crippen molar-refractivity contribution >= 4 is 34.7 Å². The van der Waals surface area contributed by atoms with Crippen LogP contribution in [0, 0.1) is 10.6 Å². The number of nitrogens with zero attached hydrogens (tertiary/aromatic N) is 1. The number of hydrogen-bond donors (Lipinski definition) is 2. The van der Waals surface area contributed by atoms with E-state index in [0.717, 1.165) is 5.56 Å². The van der Waals surface area contributed by atoms with Crippen molar-refractivity contribution in [3.05, 3.63) is 111 Å². The Morgan fingerprint density at radius 3 is 2.76 bits per heavy atom. The lowest BCUT2D eigenvalue weighted by Crippen LogP contribution is -2.22. The Hall–Kier alpha value is -4.04. The number of H-pyrrole nitrogens is 1. The number of allylic oxidation sites excluding steroid dienone is 1. The third kappa shape index (κ3) is 5.07. The van der Waals surface area contributed by atoms with Crippen LogP contribution in [-0.2, 0) is 13.2 Å². The van der Waals surface area contributed by atoms with Gasteiger partial charge in [0, 0.05) is 23.9 Å². The lowest BCUT2D eigenvalue weighted by atomic mass is 10.1. The van der Waals surface area contributed by atoms with Crippen LogP contribution in [0.2, 0.25) is 0 Å². The van der Waals surface area contributed by atoms with E-state index in [2.05, 4.69) is 16.9 Å². The maximum Gasteiger partial charge on any atom is 0.262 e. The molecule has 0 aliphatic rings. The molecule has 166 valence electrons. The summed E-state index contributed by atoms with van der Waals surface area (Å²) in [5.74, 6) is -0.288. The number of halogens is 1. The van der Waals surface area contributed by atoms with Gasteiger partial charge in [0.2, 0.25) is 0 Å². The zero-order valence-corrected chi connectivity index (χ0v) is 18.3. The number of hydrogen-bond acceptors (Lipinski definition) is 4. The number of ether oxygens (including phenoxy) is 1. The fraction of sp³-hybridized carbons (Fsp3) is 0.0800. The van der Waals surface area contributed by atoms with E-state index in [-0.39, 0.29) is 28.7 Å². The van der Waals surface area contributed by atoms with Gasteiger partial charge in [0.1, 0.15) is 18.2 Å². The Morgan fingerprint density at radius 2 is 1.97 bits per heavy atom. The summed E-state index contributed by atoms with van der Waals surface area (Å²) in [5, 5.41) is 3.27. The van der Waals surface area contributed by atoms with Gasteiger partial charge in [-0.1, -0.05) is 24.3 Å². The molecular weight excluding hydrogens is 441 g/mol. The van der Waals surface area contributed by atoms with Gasteiger partial charge in [-0.2, -0.15) is 0 Å². The molecule has 0 spiro atoms. The third-order valence-corrected chi connectivity index (χ3v) is 5.26. The average Bonchev–Trinajstić information content (AvgIpc) is 2.80. The van der Waals surface area contributed by atoms with E-state index < -0.39 is 0 Å². The molecule has 8 heteroatoms. The molecule has 6 nitrogen and oxygen atoms in total. The minimum atomic E-state index is -0.371. The van der Waals surface area contributed by atoms with Crippen molar-refractivity contribution in [2.45, 2.75) is 13.2 Å². The summed E-state index contributed by atoms with van der Waals surface area (Å²) in [5.41, 5.74) is 1.99. The van der Waals surface area contributed by atoms with Crippen LogP contribution >= 0.6 is 12.2 Å². The predicted octanol–water partition coefficient (Wildman–Crippen LogP) is 5.22. The van der Waals surface area contributed by atoms with E-state index in [0.29, 0.717) is 34.4 Å². The minimum absolute atomic E-state index is 0.219. The van der Waals surface area contributed by atoms with E-state index >= 15 is 0 Å². The first kappa shape index (κ1) is 22.2. The maximum atomic E-state index is 13.3. The number of amides is 1. The summed E-state index contributed by atoms with van der Waals surface area (Å²) in [6, 6.07) is 17.9. The van der Waals surface area contributed by atoms with Gasteiger partial charge in [-0.05, 0) is 60.2 Å². The van der Waals surface area contributed by atoms with Crippen LogP contribution in [-0.4, -0.2) is 15.5 Å². The van der Waals surface area contributed by atoms with Crippen LogP contribution in [0.1, 0.15) is 15.9 Å². The van der Waals surface area contributed by atoms with Gasteiger partial charge in [-0.15, -0.1) is 6.58 Å². The molecule has 1 heterocycles. The van der Waals surface area contributed by atoms with Gasteiger partial charge >= 0.3 is 0 Å². The highest BCUT2D eigenvalue weighted by Gasteiger charge is 2.11. The van der Waals surface area contributed by atoms with Crippen LogP contribution in [0.5, 0.6) is 5.75 Å². The average molecular weight is 462 g/mol. The molecule has 0 saturated carbocycles. The molecule has 2 N–H and O–H groups in total. The summed E-state index contributed by atoms with van der Waals surface area (Å²) in [6.45, 7) is 4.15. The van der Waals surface area contributed by atoms with Crippen molar-refractivity contribution in [1.82, 2.24) is 9.55 Å². The number of rotatable bonds is 7. The van der Waals surface area contributed by atoms with E-state index in [1.54, 1.807) is 54.6 Å². The van der Waals surface area contributed by atoms with Crippen molar-refractivity contribution in [1.29, 1.82) is 0 Å². The molecular formula is C25H20FN3O3S. The highest BCUT2D eigenvalue weighted by molar-refractivity contribution is 7.71. The lowest BCUT2D eigenvalue weighted by Gasteiger charge is -2.10. The fourth-order valence-corrected chi connectivity index (χ4v) is 3.62. The molecule has 0 aliphatic carbocycles. The normalized spacial score (nSPS) is 10.7. The van der Waals surface area contributed by atoms with E-state index in [1.165, 1.54) is 16.7 Å². The predicted molar refractivity (Wildman–Crippen MR) is 129 cm³/mol. The van der Waals surface area contributed by atoms with Crippen molar-refractivity contribution < 1.29 is 13.9 Å². The molecule has 0 aliphatic heterocycles. The number of benzene rings is 3. The fourth-order valence-electron chi connectivity index (χ4n) is 3.36. The molecule has 1 aromatic heterocycles. The van der Waals surface area contributed by atoms with Crippen LogP contribution < -0.4 is 15.6 Å². The summed E-state index contributed by atoms with van der Waals surface area (Å²) in [4.78, 5) is 28.4. The Balaban J connectivity index is 1.51. The molecule has 0 fully saturated rings. The van der Waals surface area contributed by atoms with Crippen LogP contribution in [0.15, 0.2) is 84.2 Å². The Bertz CT molecular complexity index is 1480. The quantitative estimate of drug-likeness (QED) is 0.292. The molecule has 0 radical (unpaired) electrons. The lowest BCUT2D eigenvalue weighted by molar-refractivity contribution is 0.102. The minimum Gasteiger partial charge on any atom is -0.489 e. The largest absolute Gasteiger partial charge is 0.489 e. The van der Waals surface area contributed by atoms with Gasteiger partial charge in [-0.3, -0.25) is 14.2 Å². The number of anilines is 1. The Kier molecular flexibility index (Phi) is 6.46. The number of carbonyl (C=O) groups excluding carboxylic acids is 1. The molecule has 0 atom stereocenters. The van der Waals surface area contributed by atoms with Crippen molar-refractivity contribution in [2.75, 3.05) is 5.32 Å². The number of aromatic amines is 1. The molecule has 33 heavy (non-hydrogen) atoms. The first-order valence-electron chi connectivity index (χ1n) is 10.1. The van der Waals surface area contributed by atoms with Crippen LogP contribution in [0.25, 0.3) is 10.9 Å². The van der Waals surface area contributed by atoms with Gasteiger partial charge in [0.25, 0.3) is 11.5 Å². The third-order valence-electron chi connectivity index (χ3n) is 4.94. The molecule has 4 aromatic rings. The summed E-state index contributed by atoms with van der Waals surface area (Å²) in [7, 11) is 0. The topological polar surface area (TPSA) is 76.1 Å². The molecule has 4 rings (SSSR count). The summed E-state index contributed by atoms with van der Waals surface area (Å²) in [6.07, 6.45) is 1.59. The van der Waals surface area contributed by atoms with Crippen molar-refractivity contribution in [3.63, 3.8) is 0 Å². The van der Waals surface area contributed by atoms with E-state index in [9.17, 15) is 14.0 Å². The zero-order chi connectivity index (χ0) is 23.4. The standard InChI is InChI=1S/C25H20FN3O3S/c1-2-11-29-24(31)21-10-9-17(13-22(21)28-25(29)33)23(30)27-19-7-3-5-16(12-19)15-32-20-8-4-6-18(26)14-20/h2-10,12-14H,1,11,15H2,(H,27,30)(H,28,33). The second-order valence-electron chi connectivity index (χ2n) is 7.30. The molecule has 0 bridgehead atoms.